The fourth-order valence-corrected chi connectivity index (χ4v) is 3.12. The van der Waals surface area contributed by atoms with E-state index in [1.807, 2.05) is 0 Å². The van der Waals surface area contributed by atoms with Crippen molar-refractivity contribution >= 4 is 11.5 Å². The van der Waals surface area contributed by atoms with Gasteiger partial charge in [-0.25, -0.2) is 4.98 Å². The summed E-state index contributed by atoms with van der Waals surface area (Å²) in [7, 11) is 0. The lowest BCUT2D eigenvalue weighted by Gasteiger charge is -2.30. The van der Waals surface area contributed by atoms with Crippen molar-refractivity contribution in [2.45, 2.75) is 51.0 Å². The Labute approximate surface area is 119 Å². The molecule has 20 heavy (non-hydrogen) atoms. The molecule has 2 aliphatic rings. The normalized spacial score (nSPS) is 19.8. The molecule has 0 amide bonds. The van der Waals surface area contributed by atoms with Crippen molar-refractivity contribution in [1.29, 1.82) is 0 Å². The highest BCUT2D eigenvalue weighted by Crippen LogP contribution is 2.34. The molecular weight excluding hydrogens is 254 g/mol. The third-order valence-corrected chi connectivity index (χ3v) is 4.40. The van der Waals surface area contributed by atoms with Crippen LogP contribution in [0.3, 0.4) is 0 Å². The zero-order chi connectivity index (χ0) is 13.9. The van der Waals surface area contributed by atoms with Gasteiger partial charge in [-0.3, -0.25) is 10.1 Å². The zero-order valence-corrected chi connectivity index (χ0v) is 11.7. The van der Waals surface area contributed by atoms with E-state index in [-0.39, 0.29) is 10.6 Å². The first-order valence-corrected chi connectivity index (χ1v) is 7.61. The van der Waals surface area contributed by atoms with Crippen LogP contribution in [0.5, 0.6) is 0 Å². The Bertz CT molecular complexity index is 465. The SMILES string of the molecule is O=[N+]([O-])c1ccc(N(CC2CCCCC2)C2CC2)nc1. The van der Waals surface area contributed by atoms with Crippen molar-refractivity contribution in [2.75, 3.05) is 11.4 Å². The smallest absolute Gasteiger partial charge is 0.287 e. The number of hydrogen-bond donors (Lipinski definition) is 0. The van der Waals surface area contributed by atoms with Crippen LogP contribution >= 0.6 is 0 Å². The third-order valence-electron chi connectivity index (χ3n) is 4.40. The van der Waals surface area contributed by atoms with Gasteiger partial charge in [0.2, 0.25) is 0 Å². The Balaban J connectivity index is 1.71. The Morgan fingerprint density at radius 3 is 2.50 bits per heavy atom. The molecule has 1 aromatic heterocycles. The van der Waals surface area contributed by atoms with Gasteiger partial charge in [0.05, 0.1) is 4.92 Å². The summed E-state index contributed by atoms with van der Waals surface area (Å²) in [5, 5.41) is 10.7. The number of pyridine rings is 1. The first-order chi connectivity index (χ1) is 9.74. The molecule has 0 N–H and O–H groups in total. The van der Waals surface area contributed by atoms with Crippen molar-refractivity contribution in [1.82, 2.24) is 4.98 Å². The fourth-order valence-electron chi connectivity index (χ4n) is 3.12. The molecule has 5 heteroatoms. The van der Waals surface area contributed by atoms with Crippen LogP contribution in [0.4, 0.5) is 11.5 Å². The number of anilines is 1. The monoisotopic (exact) mass is 275 g/mol. The fraction of sp³-hybridized carbons (Fsp3) is 0.667. The van der Waals surface area contributed by atoms with E-state index < -0.39 is 0 Å². The molecule has 0 saturated heterocycles. The Hall–Kier alpha value is -1.65. The van der Waals surface area contributed by atoms with E-state index in [4.69, 9.17) is 0 Å². The lowest BCUT2D eigenvalue weighted by Crippen LogP contribution is -2.33. The molecule has 0 aromatic carbocycles. The largest absolute Gasteiger partial charge is 0.353 e. The van der Waals surface area contributed by atoms with Crippen LogP contribution in [-0.4, -0.2) is 22.5 Å². The van der Waals surface area contributed by atoms with Crippen molar-refractivity contribution in [3.63, 3.8) is 0 Å². The number of rotatable bonds is 5. The second-order valence-corrected chi connectivity index (χ2v) is 6.02. The minimum Gasteiger partial charge on any atom is -0.353 e. The second kappa shape index (κ2) is 5.77. The molecule has 0 radical (unpaired) electrons. The predicted molar refractivity (Wildman–Crippen MR) is 77.8 cm³/mol. The summed E-state index contributed by atoms with van der Waals surface area (Å²) in [6.07, 6.45) is 10.5. The lowest BCUT2D eigenvalue weighted by atomic mass is 9.89. The average Bonchev–Trinajstić information content (AvgIpc) is 3.30. The molecule has 2 aliphatic carbocycles. The number of aromatic nitrogens is 1. The van der Waals surface area contributed by atoms with Crippen LogP contribution in [-0.2, 0) is 0 Å². The average molecular weight is 275 g/mol. The van der Waals surface area contributed by atoms with Crippen molar-refractivity contribution in [3.8, 4) is 0 Å². The van der Waals surface area contributed by atoms with E-state index in [2.05, 4.69) is 9.88 Å². The quantitative estimate of drug-likeness (QED) is 0.609. The molecular formula is C15H21N3O2. The molecule has 108 valence electrons. The minimum atomic E-state index is -0.390. The second-order valence-electron chi connectivity index (χ2n) is 6.02. The van der Waals surface area contributed by atoms with Gasteiger partial charge < -0.3 is 4.90 Å². The van der Waals surface area contributed by atoms with Crippen molar-refractivity contribution in [3.05, 3.63) is 28.4 Å². The molecule has 0 aliphatic heterocycles. The summed E-state index contributed by atoms with van der Waals surface area (Å²) in [6.45, 7) is 1.06. The highest BCUT2D eigenvalue weighted by Gasteiger charge is 2.32. The summed E-state index contributed by atoms with van der Waals surface area (Å²) < 4.78 is 0. The van der Waals surface area contributed by atoms with E-state index in [9.17, 15) is 10.1 Å². The lowest BCUT2D eigenvalue weighted by molar-refractivity contribution is -0.385. The minimum absolute atomic E-state index is 0.0714. The van der Waals surface area contributed by atoms with E-state index in [0.29, 0.717) is 6.04 Å². The standard InChI is InChI=1S/C15H21N3O2/c19-18(20)14-8-9-15(16-10-14)17(13-6-7-13)11-12-4-2-1-3-5-12/h8-10,12-13H,1-7,11H2. The van der Waals surface area contributed by atoms with Gasteiger partial charge in [0.15, 0.2) is 0 Å². The highest BCUT2D eigenvalue weighted by molar-refractivity contribution is 5.45. The highest BCUT2D eigenvalue weighted by atomic mass is 16.6. The van der Waals surface area contributed by atoms with Gasteiger partial charge >= 0.3 is 0 Å². The molecule has 0 atom stereocenters. The van der Waals surface area contributed by atoms with Crippen LogP contribution in [0.1, 0.15) is 44.9 Å². The predicted octanol–water partition coefficient (Wildman–Crippen LogP) is 3.54. The van der Waals surface area contributed by atoms with Crippen LogP contribution in [0.25, 0.3) is 0 Å². The van der Waals surface area contributed by atoms with Gasteiger partial charge in [0.1, 0.15) is 12.0 Å². The number of nitro groups is 1. The van der Waals surface area contributed by atoms with Gasteiger partial charge in [-0.2, -0.15) is 0 Å². The number of nitrogens with zero attached hydrogens (tertiary/aromatic N) is 3. The van der Waals surface area contributed by atoms with Crippen molar-refractivity contribution in [2.24, 2.45) is 5.92 Å². The first-order valence-electron chi connectivity index (χ1n) is 7.61. The molecule has 2 saturated carbocycles. The van der Waals surface area contributed by atoms with E-state index in [0.717, 1.165) is 18.3 Å². The summed E-state index contributed by atoms with van der Waals surface area (Å²) in [4.78, 5) is 17.0. The van der Waals surface area contributed by atoms with Crippen LogP contribution in [0.2, 0.25) is 0 Å². The van der Waals surface area contributed by atoms with E-state index >= 15 is 0 Å². The molecule has 1 heterocycles. The topological polar surface area (TPSA) is 59.3 Å². The van der Waals surface area contributed by atoms with Crippen LogP contribution in [0.15, 0.2) is 18.3 Å². The summed E-state index contributed by atoms with van der Waals surface area (Å²) >= 11 is 0. The molecule has 0 bridgehead atoms. The van der Waals surface area contributed by atoms with E-state index in [1.54, 1.807) is 12.1 Å². The van der Waals surface area contributed by atoms with Crippen LogP contribution in [0, 0.1) is 16.0 Å². The molecule has 2 fully saturated rings. The maximum atomic E-state index is 10.7. The molecule has 5 nitrogen and oxygen atoms in total. The first kappa shape index (κ1) is 13.3. The van der Waals surface area contributed by atoms with E-state index in [1.165, 1.54) is 51.1 Å². The maximum Gasteiger partial charge on any atom is 0.287 e. The van der Waals surface area contributed by atoms with Gasteiger partial charge in [0.25, 0.3) is 5.69 Å². The third kappa shape index (κ3) is 3.08. The Morgan fingerprint density at radius 2 is 1.95 bits per heavy atom. The van der Waals surface area contributed by atoms with Gasteiger partial charge in [-0.05, 0) is 37.7 Å². The van der Waals surface area contributed by atoms with Crippen molar-refractivity contribution < 1.29 is 4.92 Å². The van der Waals surface area contributed by atoms with Crippen LogP contribution < -0.4 is 4.90 Å². The summed E-state index contributed by atoms with van der Waals surface area (Å²) in [5.74, 6) is 1.67. The number of hydrogen-bond acceptors (Lipinski definition) is 4. The van der Waals surface area contributed by atoms with Gasteiger partial charge in [-0.1, -0.05) is 19.3 Å². The summed E-state index contributed by atoms with van der Waals surface area (Å²) in [5.41, 5.74) is 0.0714. The molecule has 3 rings (SSSR count). The maximum absolute atomic E-state index is 10.7. The Morgan fingerprint density at radius 1 is 1.20 bits per heavy atom. The van der Waals surface area contributed by atoms with Gasteiger partial charge in [-0.15, -0.1) is 0 Å². The molecule has 1 aromatic rings. The zero-order valence-electron chi connectivity index (χ0n) is 11.7. The Kier molecular flexibility index (Phi) is 3.85. The van der Waals surface area contributed by atoms with Gasteiger partial charge in [0, 0.05) is 18.7 Å². The molecule has 0 spiro atoms. The summed E-state index contributed by atoms with van der Waals surface area (Å²) in [6, 6.07) is 3.98. The molecule has 0 unspecified atom stereocenters.